The van der Waals surface area contributed by atoms with Crippen LogP contribution in [-0.4, -0.2) is 15.8 Å². The van der Waals surface area contributed by atoms with E-state index in [1.165, 1.54) is 11.4 Å². The highest BCUT2D eigenvalue weighted by atomic mass is 15.3. The largest absolute Gasteiger partial charge is 0.309 e. The van der Waals surface area contributed by atoms with Gasteiger partial charge in [0.2, 0.25) is 0 Å². The molecule has 3 nitrogen and oxygen atoms in total. The number of nitrogens with zero attached hydrogens (tertiary/aromatic N) is 2. The van der Waals surface area contributed by atoms with Crippen LogP contribution >= 0.6 is 0 Å². The Labute approximate surface area is 80.1 Å². The molecule has 3 heteroatoms. The molecule has 0 fully saturated rings. The molecule has 0 spiro atoms. The van der Waals surface area contributed by atoms with Crippen LogP contribution in [-0.2, 0) is 20.0 Å². The van der Waals surface area contributed by atoms with E-state index in [9.17, 15) is 0 Å². The molecular formula is C10H19N3. The monoisotopic (exact) mass is 181 g/mol. The predicted octanol–water partition coefficient (Wildman–Crippen LogP) is 1.48. The molecule has 0 aliphatic carbocycles. The fourth-order valence-corrected chi connectivity index (χ4v) is 1.22. The molecule has 0 radical (unpaired) electrons. The van der Waals surface area contributed by atoms with Crippen LogP contribution < -0.4 is 5.32 Å². The van der Waals surface area contributed by atoms with Crippen LogP contribution in [0.25, 0.3) is 0 Å². The first-order valence-electron chi connectivity index (χ1n) is 4.88. The number of hydrogen-bond acceptors (Lipinski definition) is 2. The van der Waals surface area contributed by atoms with Crippen LogP contribution in [0.2, 0.25) is 0 Å². The summed E-state index contributed by atoms with van der Waals surface area (Å²) in [6, 6.07) is 2.69. The molecule has 74 valence electrons. The third-order valence-corrected chi connectivity index (χ3v) is 2.08. The summed E-state index contributed by atoms with van der Waals surface area (Å²) in [4.78, 5) is 0. The van der Waals surface area contributed by atoms with Gasteiger partial charge in [-0.15, -0.1) is 0 Å². The Kier molecular flexibility index (Phi) is 3.48. The maximum atomic E-state index is 4.38. The first-order chi connectivity index (χ1) is 6.13. The van der Waals surface area contributed by atoms with Crippen molar-refractivity contribution in [2.45, 2.75) is 39.8 Å². The van der Waals surface area contributed by atoms with Gasteiger partial charge < -0.3 is 5.32 Å². The molecule has 0 aromatic carbocycles. The van der Waals surface area contributed by atoms with Gasteiger partial charge in [0, 0.05) is 19.6 Å². The summed E-state index contributed by atoms with van der Waals surface area (Å²) in [5.74, 6) is 0. The van der Waals surface area contributed by atoms with Crippen molar-refractivity contribution in [3.8, 4) is 0 Å². The summed E-state index contributed by atoms with van der Waals surface area (Å²) in [6.45, 7) is 7.33. The van der Waals surface area contributed by atoms with Gasteiger partial charge in [0.25, 0.3) is 0 Å². The zero-order chi connectivity index (χ0) is 9.84. The Morgan fingerprint density at radius 1 is 1.54 bits per heavy atom. The van der Waals surface area contributed by atoms with Gasteiger partial charge in [-0.05, 0) is 12.5 Å². The Morgan fingerprint density at radius 2 is 2.23 bits per heavy atom. The quantitative estimate of drug-likeness (QED) is 0.762. The third kappa shape index (κ3) is 2.84. The molecule has 1 N–H and O–H groups in total. The fraction of sp³-hybridized carbons (Fsp3) is 0.700. The van der Waals surface area contributed by atoms with Gasteiger partial charge in [-0.2, -0.15) is 5.10 Å². The number of hydrogen-bond donors (Lipinski definition) is 1. The maximum Gasteiger partial charge on any atom is 0.0625 e. The van der Waals surface area contributed by atoms with Gasteiger partial charge in [0.15, 0.2) is 0 Å². The molecule has 0 saturated heterocycles. The summed E-state index contributed by atoms with van der Waals surface area (Å²) >= 11 is 0. The summed E-state index contributed by atoms with van der Waals surface area (Å²) in [5.41, 5.74) is 2.42. The summed E-state index contributed by atoms with van der Waals surface area (Å²) in [5, 5.41) is 7.76. The van der Waals surface area contributed by atoms with Crippen LogP contribution in [0.3, 0.4) is 0 Å². The van der Waals surface area contributed by atoms with Crippen molar-refractivity contribution in [3.05, 3.63) is 17.5 Å². The summed E-state index contributed by atoms with van der Waals surface area (Å²) in [7, 11) is 2.00. The van der Waals surface area contributed by atoms with E-state index in [0.29, 0.717) is 6.04 Å². The zero-order valence-electron chi connectivity index (χ0n) is 8.96. The second kappa shape index (κ2) is 4.42. The molecule has 13 heavy (non-hydrogen) atoms. The Hall–Kier alpha value is -0.830. The minimum atomic E-state index is 0.528. The highest BCUT2D eigenvalue weighted by Gasteiger charge is 2.03. The molecule has 0 atom stereocenters. The Morgan fingerprint density at radius 3 is 2.69 bits per heavy atom. The molecule has 0 amide bonds. The number of rotatable bonds is 4. The average molecular weight is 181 g/mol. The minimum absolute atomic E-state index is 0.528. The van der Waals surface area contributed by atoms with Gasteiger partial charge >= 0.3 is 0 Å². The SMILES string of the molecule is CCc1cc(CNC(C)C)n(C)n1. The standard InChI is InChI=1S/C10H19N3/c1-5-9-6-10(13(4)12-9)7-11-8(2)3/h6,8,11H,5,7H2,1-4H3. The summed E-state index contributed by atoms with van der Waals surface area (Å²) in [6.07, 6.45) is 1.01. The van der Waals surface area contributed by atoms with Crippen LogP contribution in [0.5, 0.6) is 0 Å². The molecule has 0 aliphatic rings. The second-order valence-electron chi connectivity index (χ2n) is 3.64. The van der Waals surface area contributed by atoms with Crippen molar-refractivity contribution < 1.29 is 0 Å². The van der Waals surface area contributed by atoms with E-state index >= 15 is 0 Å². The zero-order valence-corrected chi connectivity index (χ0v) is 8.96. The van der Waals surface area contributed by atoms with Crippen molar-refractivity contribution in [2.75, 3.05) is 0 Å². The van der Waals surface area contributed by atoms with Crippen molar-refractivity contribution >= 4 is 0 Å². The van der Waals surface area contributed by atoms with Gasteiger partial charge in [-0.1, -0.05) is 20.8 Å². The second-order valence-corrected chi connectivity index (χ2v) is 3.64. The van der Waals surface area contributed by atoms with E-state index in [1.54, 1.807) is 0 Å². The highest BCUT2D eigenvalue weighted by Crippen LogP contribution is 2.03. The number of aryl methyl sites for hydroxylation is 2. The lowest BCUT2D eigenvalue weighted by Gasteiger charge is -2.07. The smallest absolute Gasteiger partial charge is 0.0625 e. The maximum absolute atomic E-state index is 4.38. The van der Waals surface area contributed by atoms with E-state index in [0.717, 1.165) is 13.0 Å². The van der Waals surface area contributed by atoms with E-state index in [1.807, 2.05) is 11.7 Å². The van der Waals surface area contributed by atoms with E-state index in [2.05, 4.69) is 37.3 Å². The van der Waals surface area contributed by atoms with Crippen LogP contribution in [0.4, 0.5) is 0 Å². The normalized spacial score (nSPS) is 11.2. The average Bonchev–Trinajstić information content (AvgIpc) is 2.43. The fourth-order valence-electron chi connectivity index (χ4n) is 1.22. The lowest BCUT2D eigenvalue weighted by atomic mass is 10.3. The first kappa shape index (κ1) is 10.3. The molecule has 0 saturated carbocycles. The molecule has 1 heterocycles. The Bertz CT molecular complexity index is 263. The van der Waals surface area contributed by atoms with Gasteiger partial charge in [-0.25, -0.2) is 0 Å². The van der Waals surface area contributed by atoms with Crippen LogP contribution in [0.15, 0.2) is 6.07 Å². The Balaban J connectivity index is 2.60. The van der Waals surface area contributed by atoms with Crippen LogP contribution in [0, 0.1) is 0 Å². The first-order valence-corrected chi connectivity index (χ1v) is 4.88. The minimum Gasteiger partial charge on any atom is -0.309 e. The van der Waals surface area contributed by atoms with Crippen molar-refractivity contribution in [3.63, 3.8) is 0 Å². The number of aromatic nitrogens is 2. The van der Waals surface area contributed by atoms with Gasteiger partial charge in [0.05, 0.1) is 11.4 Å². The molecule has 0 bridgehead atoms. The molecule has 1 rings (SSSR count). The van der Waals surface area contributed by atoms with Gasteiger partial charge in [0.1, 0.15) is 0 Å². The highest BCUT2D eigenvalue weighted by molar-refractivity contribution is 5.09. The lowest BCUT2D eigenvalue weighted by molar-refractivity contribution is 0.559. The van der Waals surface area contributed by atoms with Gasteiger partial charge in [-0.3, -0.25) is 4.68 Å². The lowest BCUT2D eigenvalue weighted by Crippen LogP contribution is -2.23. The van der Waals surface area contributed by atoms with Crippen molar-refractivity contribution in [2.24, 2.45) is 7.05 Å². The molecular weight excluding hydrogens is 162 g/mol. The molecule has 1 aromatic rings. The van der Waals surface area contributed by atoms with Crippen LogP contribution in [0.1, 0.15) is 32.2 Å². The molecule has 1 aromatic heterocycles. The molecule has 0 aliphatic heterocycles. The number of nitrogens with one attached hydrogen (secondary N) is 1. The van der Waals surface area contributed by atoms with E-state index in [4.69, 9.17) is 0 Å². The topological polar surface area (TPSA) is 29.9 Å². The van der Waals surface area contributed by atoms with Crippen molar-refractivity contribution in [1.82, 2.24) is 15.1 Å². The third-order valence-electron chi connectivity index (χ3n) is 2.08. The van der Waals surface area contributed by atoms with E-state index in [-0.39, 0.29) is 0 Å². The predicted molar refractivity (Wildman–Crippen MR) is 54.6 cm³/mol. The molecule has 0 unspecified atom stereocenters. The van der Waals surface area contributed by atoms with E-state index < -0.39 is 0 Å². The summed E-state index contributed by atoms with van der Waals surface area (Å²) < 4.78 is 1.95. The van der Waals surface area contributed by atoms with Crippen molar-refractivity contribution in [1.29, 1.82) is 0 Å².